The molecule has 0 aromatic heterocycles. The molecule has 0 radical (unpaired) electrons. The van der Waals surface area contributed by atoms with Gasteiger partial charge in [-0.2, -0.15) is 0 Å². The number of para-hydroxylation sites is 1. The van der Waals surface area contributed by atoms with Crippen molar-refractivity contribution in [2.45, 2.75) is 33.1 Å². The molecule has 0 heterocycles. The van der Waals surface area contributed by atoms with Gasteiger partial charge in [-0.15, -0.1) is 0 Å². The first-order chi connectivity index (χ1) is 16.4. The van der Waals surface area contributed by atoms with E-state index in [0.717, 1.165) is 29.2 Å². The van der Waals surface area contributed by atoms with Crippen molar-refractivity contribution in [3.8, 4) is 11.5 Å². The van der Waals surface area contributed by atoms with Crippen molar-refractivity contribution in [3.63, 3.8) is 0 Å². The summed E-state index contributed by atoms with van der Waals surface area (Å²) in [6, 6.07) is 25.2. The third-order valence-corrected chi connectivity index (χ3v) is 5.43. The van der Waals surface area contributed by atoms with E-state index in [-0.39, 0.29) is 16.9 Å². The van der Waals surface area contributed by atoms with Crippen molar-refractivity contribution in [2.24, 2.45) is 5.92 Å². The number of amides is 1. The monoisotopic (exact) mass is 476 g/mol. The maximum absolute atomic E-state index is 12.6. The molecule has 34 heavy (non-hydrogen) atoms. The van der Waals surface area contributed by atoms with Gasteiger partial charge < -0.3 is 20.1 Å². The van der Waals surface area contributed by atoms with Crippen LogP contribution >= 0.6 is 12.2 Å². The molecule has 3 aromatic carbocycles. The highest BCUT2D eigenvalue weighted by molar-refractivity contribution is 7.80. The zero-order valence-corrected chi connectivity index (χ0v) is 20.7. The molecule has 0 saturated heterocycles. The highest BCUT2D eigenvalue weighted by atomic mass is 32.1. The van der Waals surface area contributed by atoms with Crippen LogP contribution in [0.15, 0.2) is 78.9 Å². The Morgan fingerprint density at radius 3 is 2.00 bits per heavy atom. The number of nitrogens with one attached hydrogen (secondary N) is 2. The Hall–Kier alpha value is -3.38. The van der Waals surface area contributed by atoms with Crippen molar-refractivity contribution < 1.29 is 14.3 Å². The molecule has 0 aliphatic rings. The Morgan fingerprint density at radius 1 is 0.824 bits per heavy atom. The van der Waals surface area contributed by atoms with E-state index in [4.69, 9.17) is 21.7 Å². The third kappa shape index (κ3) is 8.19. The summed E-state index contributed by atoms with van der Waals surface area (Å²) >= 11 is 5.32. The Balaban J connectivity index is 1.41. The second kappa shape index (κ2) is 12.8. The molecule has 2 N–H and O–H groups in total. The quantitative estimate of drug-likeness (QED) is 0.279. The second-order valence-electron chi connectivity index (χ2n) is 8.54. The van der Waals surface area contributed by atoms with Gasteiger partial charge in [0.05, 0.1) is 5.92 Å². The minimum atomic E-state index is -0.304. The lowest BCUT2D eigenvalue weighted by Gasteiger charge is -2.15. The maximum Gasteiger partial charge on any atom is 0.233 e. The Kier molecular flexibility index (Phi) is 9.47. The number of ether oxygens (including phenoxy) is 2. The van der Waals surface area contributed by atoms with Crippen LogP contribution in [0.3, 0.4) is 0 Å². The van der Waals surface area contributed by atoms with E-state index in [1.54, 1.807) is 0 Å². The van der Waals surface area contributed by atoms with Crippen LogP contribution in [-0.4, -0.2) is 24.2 Å². The first-order valence-corrected chi connectivity index (χ1v) is 11.9. The molecule has 1 amide bonds. The van der Waals surface area contributed by atoms with Gasteiger partial charge in [-0.25, -0.2) is 0 Å². The van der Waals surface area contributed by atoms with Crippen LogP contribution in [0.25, 0.3) is 0 Å². The van der Waals surface area contributed by atoms with Gasteiger partial charge in [0.1, 0.15) is 24.7 Å². The summed E-state index contributed by atoms with van der Waals surface area (Å²) in [6.45, 7) is 7.16. The lowest BCUT2D eigenvalue weighted by atomic mass is 9.96. The molecule has 1 atom stereocenters. The summed E-state index contributed by atoms with van der Waals surface area (Å²) in [5.74, 6) is 1.70. The molecule has 0 saturated carbocycles. The lowest BCUT2D eigenvalue weighted by Crippen LogP contribution is -2.36. The first-order valence-electron chi connectivity index (χ1n) is 11.5. The molecule has 6 heteroatoms. The summed E-state index contributed by atoms with van der Waals surface area (Å²) in [5.41, 5.74) is 3.01. The predicted molar refractivity (Wildman–Crippen MR) is 142 cm³/mol. The van der Waals surface area contributed by atoms with E-state index in [1.807, 2.05) is 73.7 Å². The number of hydrogen-bond acceptors (Lipinski definition) is 4. The average Bonchev–Trinajstić information content (AvgIpc) is 2.83. The van der Waals surface area contributed by atoms with E-state index in [9.17, 15) is 4.79 Å². The summed E-state index contributed by atoms with van der Waals surface area (Å²) in [6.07, 6.45) is 1.03. The number of hydrogen-bond donors (Lipinski definition) is 2. The largest absolute Gasteiger partial charge is 0.490 e. The zero-order valence-electron chi connectivity index (χ0n) is 19.9. The van der Waals surface area contributed by atoms with Crippen LogP contribution in [0.1, 0.15) is 37.8 Å². The third-order valence-electron chi connectivity index (χ3n) is 5.23. The summed E-state index contributed by atoms with van der Waals surface area (Å²) in [4.78, 5) is 12.6. The molecule has 3 aromatic rings. The van der Waals surface area contributed by atoms with Gasteiger partial charge in [-0.05, 0) is 79.0 Å². The normalized spacial score (nSPS) is 11.5. The molecule has 0 bridgehead atoms. The minimum Gasteiger partial charge on any atom is -0.490 e. The molecule has 0 fully saturated rings. The van der Waals surface area contributed by atoms with Crippen LogP contribution in [0.2, 0.25) is 0 Å². The molecular formula is C28H32N2O3S. The van der Waals surface area contributed by atoms with E-state index in [0.29, 0.717) is 19.1 Å². The number of thiocarbonyl (C=S) groups is 1. The number of rotatable bonds is 10. The van der Waals surface area contributed by atoms with Gasteiger partial charge in [0.2, 0.25) is 5.91 Å². The van der Waals surface area contributed by atoms with Crippen molar-refractivity contribution in [1.82, 2.24) is 5.32 Å². The van der Waals surface area contributed by atoms with Gasteiger partial charge in [-0.1, -0.05) is 56.3 Å². The van der Waals surface area contributed by atoms with Crippen LogP contribution in [0.5, 0.6) is 11.5 Å². The average molecular weight is 477 g/mol. The van der Waals surface area contributed by atoms with E-state index in [2.05, 4.69) is 36.6 Å². The Morgan fingerprint density at radius 2 is 1.41 bits per heavy atom. The fourth-order valence-electron chi connectivity index (χ4n) is 3.42. The maximum atomic E-state index is 12.6. The SMILES string of the molecule is CC(C)Cc1ccc(C(C)C(=O)NC(=S)Nc2ccc(OCCOc3ccccc3)cc2)cc1. The predicted octanol–water partition coefficient (Wildman–Crippen LogP) is 5.96. The highest BCUT2D eigenvalue weighted by Gasteiger charge is 2.16. The van der Waals surface area contributed by atoms with Crippen LogP contribution in [-0.2, 0) is 11.2 Å². The minimum absolute atomic E-state index is 0.146. The summed E-state index contributed by atoms with van der Waals surface area (Å²) in [7, 11) is 0. The van der Waals surface area contributed by atoms with Gasteiger partial charge in [-0.3, -0.25) is 4.79 Å². The fraction of sp³-hybridized carbons (Fsp3) is 0.286. The molecule has 1 unspecified atom stereocenters. The summed E-state index contributed by atoms with van der Waals surface area (Å²) < 4.78 is 11.3. The lowest BCUT2D eigenvalue weighted by molar-refractivity contribution is -0.120. The van der Waals surface area contributed by atoms with Crippen LogP contribution in [0.4, 0.5) is 5.69 Å². The van der Waals surface area contributed by atoms with Gasteiger partial charge in [0.25, 0.3) is 0 Å². The first kappa shape index (κ1) is 25.2. The number of benzene rings is 3. The van der Waals surface area contributed by atoms with Crippen molar-refractivity contribution in [2.75, 3.05) is 18.5 Å². The van der Waals surface area contributed by atoms with Crippen LogP contribution < -0.4 is 20.1 Å². The second-order valence-corrected chi connectivity index (χ2v) is 8.95. The van der Waals surface area contributed by atoms with E-state index < -0.39 is 0 Å². The molecule has 178 valence electrons. The molecule has 0 aliphatic carbocycles. The molecule has 0 spiro atoms. The van der Waals surface area contributed by atoms with Gasteiger partial charge >= 0.3 is 0 Å². The number of anilines is 1. The highest BCUT2D eigenvalue weighted by Crippen LogP contribution is 2.19. The standard InChI is InChI=1S/C28H32N2O3S/c1-20(2)19-22-9-11-23(12-10-22)21(3)27(31)30-28(34)29-24-13-15-26(16-14-24)33-18-17-32-25-7-5-4-6-8-25/h4-16,20-21H,17-19H2,1-3H3,(H2,29,30,31,34). The summed E-state index contributed by atoms with van der Waals surface area (Å²) in [5, 5.41) is 6.09. The Labute approximate surface area is 207 Å². The molecular weight excluding hydrogens is 444 g/mol. The molecule has 0 aliphatic heterocycles. The van der Waals surface area contributed by atoms with Crippen LogP contribution in [0, 0.1) is 5.92 Å². The van der Waals surface area contributed by atoms with E-state index >= 15 is 0 Å². The molecule has 3 rings (SSSR count). The van der Waals surface area contributed by atoms with Crippen molar-refractivity contribution >= 4 is 28.9 Å². The van der Waals surface area contributed by atoms with E-state index in [1.165, 1.54) is 5.56 Å². The smallest absolute Gasteiger partial charge is 0.233 e. The van der Waals surface area contributed by atoms with Gasteiger partial charge in [0.15, 0.2) is 5.11 Å². The Bertz CT molecular complexity index is 1050. The van der Waals surface area contributed by atoms with Crippen molar-refractivity contribution in [1.29, 1.82) is 0 Å². The topological polar surface area (TPSA) is 59.6 Å². The number of carbonyl (C=O) groups is 1. The van der Waals surface area contributed by atoms with Crippen molar-refractivity contribution in [3.05, 3.63) is 90.0 Å². The van der Waals surface area contributed by atoms with Gasteiger partial charge in [0, 0.05) is 5.69 Å². The fourth-order valence-corrected chi connectivity index (χ4v) is 3.64. The molecule has 5 nitrogen and oxygen atoms in total. The number of carbonyl (C=O) groups excluding carboxylic acids is 1. The zero-order chi connectivity index (χ0) is 24.3.